The summed E-state index contributed by atoms with van der Waals surface area (Å²) in [6, 6.07) is 17.2. The second-order valence-corrected chi connectivity index (χ2v) is 5.05. The minimum absolute atomic E-state index is 0.129. The molecule has 0 aliphatic heterocycles. The second-order valence-electron chi connectivity index (χ2n) is 5.05. The molecule has 1 heterocycles. The highest BCUT2D eigenvalue weighted by atomic mass is 19.1. The number of benzene rings is 2. The van der Waals surface area contributed by atoms with Crippen LogP contribution in [0.4, 0.5) is 4.39 Å². The predicted octanol–water partition coefficient (Wildman–Crippen LogP) is 3.71. The van der Waals surface area contributed by atoms with Gasteiger partial charge in [-0.15, -0.1) is 0 Å². The summed E-state index contributed by atoms with van der Waals surface area (Å²) in [5, 5.41) is 4.50. The van der Waals surface area contributed by atoms with E-state index in [4.69, 9.17) is 0 Å². The van der Waals surface area contributed by atoms with Gasteiger partial charge in [0.15, 0.2) is 0 Å². The van der Waals surface area contributed by atoms with Crippen LogP contribution in [0.25, 0.3) is 10.9 Å². The Morgan fingerprint density at radius 2 is 1.90 bits per heavy atom. The number of nitrogens with one attached hydrogen (secondary N) is 1. The van der Waals surface area contributed by atoms with Gasteiger partial charge in [-0.2, -0.15) is 0 Å². The third-order valence-corrected chi connectivity index (χ3v) is 3.53. The summed E-state index contributed by atoms with van der Waals surface area (Å²) in [4.78, 5) is 4.31. The number of nitrogens with zero attached hydrogens (tertiary/aromatic N) is 1. The molecule has 0 amide bonds. The third kappa shape index (κ3) is 3.44. The van der Waals surface area contributed by atoms with E-state index in [0.717, 1.165) is 29.6 Å². The lowest BCUT2D eigenvalue weighted by atomic mass is 10.1. The molecule has 0 radical (unpaired) electrons. The van der Waals surface area contributed by atoms with E-state index < -0.39 is 0 Å². The number of pyridine rings is 1. The lowest BCUT2D eigenvalue weighted by Crippen LogP contribution is -2.17. The van der Waals surface area contributed by atoms with Crippen LogP contribution in [0, 0.1) is 5.82 Å². The molecule has 0 unspecified atom stereocenters. The zero-order valence-electron chi connectivity index (χ0n) is 11.7. The van der Waals surface area contributed by atoms with E-state index in [1.807, 2.05) is 24.3 Å². The molecule has 0 aliphatic rings. The van der Waals surface area contributed by atoms with Crippen LogP contribution >= 0.6 is 0 Å². The Bertz CT molecular complexity index is 740. The maximum Gasteiger partial charge on any atom is 0.126 e. The van der Waals surface area contributed by atoms with Crippen molar-refractivity contribution in [3.63, 3.8) is 0 Å². The van der Waals surface area contributed by atoms with E-state index in [9.17, 15) is 4.39 Å². The Hall–Kier alpha value is -2.26. The Morgan fingerprint density at radius 1 is 1.00 bits per heavy atom. The molecule has 0 saturated carbocycles. The molecular weight excluding hydrogens is 263 g/mol. The van der Waals surface area contributed by atoms with Gasteiger partial charge in [0.1, 0.15) is 5.82 Å². The number of hydrogen-bond acceptors (Lipinski definition) is 2. The largest absolute Gasteiger partial charge is 0.312 e. The van der Waals surface area contributed by atoms with Crippen molar-refractivity contribution < 1.29 is 4.39 Å². The van der Waals surface area contributed by atoms with Gasteiger partial charge in [-0.05, 0) is 48.4 Å². The fraction of sp³-hybridized carbons (Fsp3) is 0.167. The highest BCUT2D eigenvalue weighted by Gasteiger charge is 2.00. The fourth-order valence-electron chi connectivity index (χ4n) is 2.39. The summed E-state index contributed by atoms with van der Waals surface area (Å²) in [7, 11) is 0. The van der Waals surface area contributed by atoms with Crippen LogP contribution in [0.15, 0.2) is 60.8 Å². The first-order chi connectivity index (χ1) is 10.3. The monoisotopic (exact) mass is 280 g/mol. The van der Waals surface area contributed by atoms with Crippen LogP contribution < -0.4 is 5.32 Å². The molecule has 2 aromatic carbocycles. The van der Waals surface area contributed by atoms with Crippen molar-refractivity contribution in [3.8, 4) is 0 Å². The Morgan fingerprint density at radius 3 is 2.81 bits per heavy atom. The predicted molar refractivity (Wildman–Crippen MR) is 83.6 cm³/mol. The Kier molecular flexibility index (Phi) is 4.22. The molecule has 0 atom stereocenters. The lowest BCUT2D eigenvalue weighted by Gasteiger charge is -2.07. The van der Waals surface area contributed by atoms with Crippen LogP contribution in [0.5, 0.6) is 0 Å². The molecular formula is C18H17FN2. The molecule has 0 fully saturated rings. The summed E-state index contributed by atoms with van der Waals surface area (Å²) < 4.78 is 13.5. The number of halogens is 1. The number of rotatable bonds is 5. The highest BCUT2D eigenvalue weighted by molar-refractivity contribution is 5.78. The van der Waals surface area contributed by atoms with E-state index in [0.29, 0.717) is 6.42 Å². The summed E-state index contributed by atoms with van der Waals surface area (Å²) >= 11 is 0. The minimum Gasteiger partial charge on any atom is -0.312 e. The second kappa shape index (κ2) is 6.46. The van der Waals surface area contributed by atoms with Crippen molar-refractivity contribution in [2.45, 2.75) is 13.0 Å². The van der Waals surface area contributed by atoms with E-state index in [1.54, 1.807) is 12.3 Å². The van der Waals surface area contributed by atoms with Crippen LogP contribution in [0.2, 0.25) is 0 Å². The van der Waals surface area contributed by atoms with Crippen molar-refractivity contribution in [2.75, 3.05) is 6.54 Å². The molecule has 0 saturated heterocycles. The summed E-state index contributed by atoms with van der Waals surface area (Å²) in [5.74, 6) is -0.129. The van der Waals surface area contributed by atoms with Gasteiger partial charge in [0, 0.05) is 18.1 Å². The van der Waals surface area contributed by atoms with Gasteiger partial charge in [0.05, 0.1) is 5.52 Å². The van der Waals surface area contributed by atoms with Gasteiger partial charge < -0.3 is 5.32 Å². The molecule has 3 aromatic rings. The topological polar surface area (TPSA) is 24.9 Å². The first-order valence-corrected chi connectivity index (χ1v) is 7.11. The fourth-order valence-corrected chi connectivity index (χ4v) is 2.39. The van der Waals surface area contributed by atoms with Crippen molar-refractivity contribution >= 4 is 10.9 Å². The number of aromatic nitrogens is 1. The minimum atomic E-state index is -0.129. The summed E-state index contributed by atoms with van der Waals surface area (Å²) in [5.41, 5.74) is 2.98. The summed E-state index contributed by atoms with van der Waals surface area (Å²) in [6.45, 7) is 1.53. The van der Waals surface area contributed by atoms with Crippen molar-refractivity contribution in [1.29, 1.82) is 0 Å². The molecule has 21 heavy (non-hydrogen) atoms. The van der Waals surface area contributed by atoms with E-state index in [1.165, 1.54) is 11.6 Å². The molecule has 106 valence electrons. The van der Waals surface area contributed by atoms with E-state index in [-0.39, 0.29) is 5.82 Å². The molecule has 2 nitrogen and oxygen atoms in total. The molecule has 0 aliphatic carbocycles. The lowest BCUT2D eigenvalue weighted by molar-refractivity contribution is 0.598. The van der Waals surface area contributed by atoms with Gasteiger partial charge in [0.25, 0.3) is 0 Å². The van der Waals surface area contributed by atoms with Gasteiger partial charge in [-0.25, -0.2) is 4.39 Å². The highest BCUT2D eigenvalue weighted by Crippen LogP contribution is 2.13. The van der Waals surface area contributed by atoms with Crippen LogP contribution in [0.1, 0.15) is 11.1 Å². The Balaban J connectivity index is 1.56. The van der Waals surface area contributed by atoms with Crippen molar-refractivity contribution in [1.82, 2.24) is 10.3 Å². The summed E-state index contributed by atoms with van der Waals surface area (Å²) in [6.07, 6.45) is 2.50. The molecule has 3 rings (SSSR count). The first kappa shape index (κ1) is 13.7. The zero-order chi connectivity index (χ0) is 14.5. The normalized spacial score (nSPS) is 10.9. The number of hydrogen-bond donors (Lipinski definition) is 1. The smallest absolute Gasteiger partial charge is 0.126 e. The average Bonchev–Trinajstić information content (AvgIpc) is 2.53. The molecule has 0 bridgehead atoms. The standard InChI is InChI=1S/C18H17FN2/c19-17-6-2-1-4-15(17)9-11-20-13-14-7-8-18-16(12-14)5-3-10-21-18/h1-8,10,12,20H,9,11,13H2. The maximum absolute atomic E-state index is 13.5. The van der Waals surface area contributed by atoms with Crippen LogP contribution in [-0.2, 0) is 13.0 Å². The SMILES string of the molecule is Fc1ccccc1CCNCc1ccc2ncccc2c1. The third-order valence-electron chi connectivity index (χ3n) is 3.53. The van der Waals surface area contributed by atoms with Gasteiger partial charge in [-0.3, -0.25) is 4.98 Å². The number of fused-ring (bicyclic) bond motifs is 1. The Labute approximate surface area is 123 Å². The van der Waals surface area contributed by atoms with Crippen molar-refractivity contribution in [3.05, 3.63) is 77.7 Å². The van der Waals surface area contributed by atoms with Gasteiger partial charge >= 0.3 is 0 Å². The van der Waals surface area contributed by atoms with E-state index >= 15 is 0 Å². The maximum atomic E-state index is 13.5. The quantitative estimate of drug-likeness (QED) is 0.721. The molecule has 1 N–H and O–H groups in total. The van der Waals surface area contributed by atoms with Crippen molar-refractivity contribution in [2.24, 2.45) is 0 Å². The van der Waals surface area contributed by atoms with Crippen LogP contribution in [-0.4, -0.2) is 11.5 Å². The molecule has 3 heteroatoms. The van der Waals surface area contributed by atoms with Gasteiger partial charge in [-0.1, -0.05) is 30.3 Å². The van der Waals surface area contributed by atoms with Gasteiger partial charge in [0.2, 0.25) is 0 Å². The molecule has 1 aromatic heterocycles. The van der Waals surface area contributed by atoms with Crippen LogP contribution in [0.3, 0.4) is 0 Å². The zero-order valence-corrected chi connectivity index (χ0v) is 11.7. The van der Waals surface area contributed by atoms with E-state index in [2.05, 4.69) is 28.5 Å². The first-order valence-electron chi connectivity index (χ1n) is 7.11. The molecule has 0 spiro atoms. The average molecular weight is 280 g/mol.